The van der Waals surface area contributed by atoms with Crippen LogP contribution >= 0.6 is 10.7 Å². The van der Waals surface area contributed by atoms with Crippen LogP contribution in [0.1, 0.15) is 0 Å². The number of carbonyl (C=O) groups is 1. The van der Waals surface area contributed by atoms with E-state index in [0.717, 1.165) is 0 Å². The van der Waals surface area contributed by atoms with E-state index in [1.165, 1.54) is 0 Å². The molecule has 0 heterocycles. The van der Waals surface area contributed by atoms with Gasteiger partial charge in [-0.05, 0) is 47.1 Å². The number of hydrogen-bond acceptors (Lipinski definition) is 2. The number of amides is 2. The molecule has 0 radical (unpaired) electrons. The number of hydrogen-bond donors (Lipinski definition) is 2. The summed E-state index contributed by atoms with van der Waals surface area (Å²) in [5.74, 6) is 0. The Bertz CT molecular complexity index is 587. The molecule has 2 aromatic carbocycles. The van der Waals surface area contributed by atoms with E-state index in [-0.39, 0.29) is 6.03 Å². The van der Waals surface area contributed by atoms with Gasteiger partial charge in [0, 0.05) is 11.4 Å². The number of rotatable bonds is 3. The molecule has 0 fully saturated rings. The summed E-state index contributed by atoms with van der Waals surface area (Å²) >= 11 is 0. The van der Waals surface area contributed by atoms with Crippen LogP contribution in [-0.2, 0) is 10.0 Å². The van der Waals surface area contributed by atoms with Crippen LogP contribution in [-0.4, -0.2) is 10.2 Å². The van der Waals surface area contributed by atoms with Gasteiger partial charge in [0.25, 0.3) is 0 Å². The van der Waals surface area contributed by atoms with Crippen LogP contribution in [0.15, 0.2) is 59.5 Å². The van der Waals surface area contributed by atoms with Crippen molar-refractivity contribution in [1.29, 1.82) is 0 Å². The number of benzene rings is 2. The highest BCUT2D eigenvalue weighted by atomic mass is 35.7. The molecule has 2 amide bonds. The minimum Gasteiger partial charge on any atom is -0.308 e. The fourth-order valence-corrected chi connectivity index (χ4v) is 2.12. The van der Waals surface area contributed by atoms with Gasteiger partial charge in [0.05, 0.1) is 4.90 Å². The van der Waals surface area contributed by atoms with Crippen LogP contribution in [0, 0.1) is 0 Å². The fourth-order valence-electron chi connectivity index (χ4n) is 1.46. The molecule has 2 aromatic rings. The maximum atomic E-state index is 11.7. The number of nitrogens with one attached hydrogen (secondary N) is 2. The first kappa shape index (κ1) is 13.6. The summed E-state index contributed by atoms with van der Waals surface area (Å²) in [5.41, 5.74) is 1.30. The van der Waals surface area contributed by atoms with Crippen molar-refractivity contribution in [1.82, 2.24) is 0 Å². The summed E-state index contributed by atoms with van der Waals surface area (Å²) in [6.07, 6.45) is 0. The Morgan fingerprint density at radius 2 is 1.42 bits per heavy atom. The highest BCUT2D eigenvalue weighted by Crippen LogP contribution is 2.15. The number of halogens is 1. The van der Waals surface area contributed by atoms with Crippen molar-refractivity contribution >= 4 is 38.1 Å². The second-order valence-corrected chi connectivity index (χ2v) is 5.45. The van der Waals surface area contributed by atoms with Gasteiger partial charge in [-0.3, -0.25) is 0 Å². The fraction of sp³-hybridized carbons (Fsp3) is 0. The minimum atomic E-state index is -1.54. The molecule has 0 saturated carbocycles. The molecular formula is C13H11ClN2O2S. The van der Waals surface area contributed by atoms with Crippen molar-refractivity contribution in [2.45, 2.75) is 4.90 Å². The Morgan fingerprint density at radius 1 is 0.895 bits per heavy atom. The first-order valence-electron chi connectivity index (χ1n) is 5.46. The number of para-hydroxylation sites is 1. The molecule has 4 nitrogen and oxygen atoms in total. The zero-order valence-corrected chi connectivity index (χ0v) is 11.4. The second-order valence-electron chi connectivity index (χ2n) is 3.69. The molecule has 19 heavy (non-hydrogen) atoms. The van der Waals surface area contributed by atoms with Crippen LogP contribution in [0.5, 0.6) is 0 Å². The molecule has 0 aliphatic rings. The molecule has 2 N–H and O–H groups in total. The van der Waals surface area contributed by atoms with E-state index in [4.69, 9.17) is 10.7 Å². The quantitative estimate of drug-likeness (QED) is 0.850. The predicted octanol–water partition coefficient (Wildman–Crippen LogP) is 3.59. The normalized spacial score (nSPS) is 11.6. The molecule has 1 atom stereocenters. The van der Waals surface area contributed by atoms with Gasteiger partial charge in [-0.2, -0.15) is 0 Å². The van der Waals surface area contributed by atoms with E-state index in [1.807, 2.05) is 18.2 Å². The zero-order chi connectivity index (χ0) is 13.7. The van der Waals surface area contributed by atoms with Gasteiger partial charge in [-0.25, -0.2) is 9.00 Å². The minimum absolute atomic E-state index is 0.342. The van der Waals surface area contributed by atoms with Crippen LogP contribution in [0.3, 0.4) is 0 Å². The summed E-state index contributed by atoms with van der Waals surface area (Å²) in [6.45, 7) is 0. The van der Waals surface area contributed by atoms with Gasteiger partial charge in [-0.15, -0.1) is 0 Å². The number of carbonyl (C=O) groups excluding carboxylic acids is 1. The summed E-state index contributed by atoms with van der Waals surface area (Å²) in [7, 11) is 3.90. The van der Waals surface area contributed by atoms with Crippen LogP contribution in [0.2, 0.25) is 0 Å². The molecule has 0 aromatic heterocycles. The largest absolute Gasteiger partial charge is 0.323 e. The van der Waals surface area contributed by atoms with Crippen molar-refractivity contribution in [3.8, 4) is 0 Å². The maximum Gasteiger partial charge on any atom is 0.323 e. The molecule has 0 bridgehead atoms. The first-order valence-corrected chi connectivity index (χ1v) is 7.44. The van der Waals surface area contributed by atoms with Crippen molar-refractivity contribution in [2.24, 2.45) is 0 Å². The van der Waals surface area contributed by atoms with Crippen molar-refractivity contribution < 1.29 is 9.00 Å². The third-order valence-corrected chi connectivity index (χ3v) is 3.51. The Balaban J connectivity index is 1.97. The van der Waals surface area contributed by atoms with Gasteiger partial charge in [0.2, 0.25) is 0 Å². The monoisotopic (exact) mass is 294 g/mol. The smallest absolute Gasteiger partial charge is 0.308 e. The standard InChI is InChI=1S/C13H11ClN2O2S/c14-19(18)12-8-6-11(7-9-12)16-13(17)15-10-4-2-1-3-5-10/h1-9H,(H2,15,16,17). The molecule has 0 aliphatic heterocycles. The van der Waals surface area contributed by atoms with Crippen molar-refractivity contribution in [2.75, 3.05) is 10.6 Å². The highest BCUT2D eigenvalue weighted by molar-refractivity contribution is 8.08. The lowest BCUT2D eigenvalue weighted by molar-refractivity contribution is 0.262. The molecular weight excluding hydrogens is 284 g/mol. The molecule has 0 aliphatic carbocycles. The van der Waals surface area contributed by atoms with E-state index in [1.54, 1.807) is 36.4 Å². The van der Waals surface area contributed by atoms with E-state index in [9.17, 15) is 9.00 Å². The average Bonchev–Trinajstić information content (AvgIpc) is 2.40. The van der Waals surface area contributed by atoms with Gasteiger partial charge in [-0.1, -0.05) is 18.2 Å². The van der Waals surface area contributed by atoms with Crippen LogP contribution < -0.4 is 10.6 Å². The van der Waals surface area contributed by atoms with Gasteiger partial charge in [0.15, 0.2) is 0 Å². The predicted molar refractivity (Wildman–Crippen MR) is 77.8 cm³/mol. The lowest BCUT2D eigenvalue weighted by Gasteiger charge is -2.07. The van der Waals surface area contributed by atoms with Crippen LogP contribution in [0.25, 0.3) is 0 Å². The molecule has 98 valence electrons. The topological polar surface area (TPSA) is 58.2 Å². The van der Waals surface area contributed by atoms with Crippen LogP contribution in [0.4, 0.5) is 16.2 Å². The third-order valence-electron chi connectivity index (χ3n) is 2.33. The Labute approximate surface area is 117 Å². The number of anilines is 2. The van der Waals surface area contributed by atoms with Gasteiger partial charge in [0.1, 0.15) is 10.0 Å². The Kier molecular flexibility index (Phi) is 4.54. The van der Waals surface area contributed by atoms with Crippen molar-refractivity contribution in [3.05, 3.63) is 54.6 Å². The summed E-state index contributed by atoms with van der Waals surface area (Å²) < 4.78 is 11.0. The summed E-state index contributed by atoms with van der Waals surface area (Å²) in [6, 6.07) is 15.3. The van der Waals surface area contributed by atoms with Gasteiger partial charge < -0.3 is 10.6 Å². The van der Waals surface area contributed by atoms with Gasteiger partial charge >= 0.3 is 6.03 Å². The molecule has 0 spiro atoms. The van der Waals surface area contributed by atoms with E-state index >= 15 is 0 Å². The zero-order valence-electron chi connectivity index (χ0n) is 9.80. The molecule has 1 unspecified atom stereocenters. The molecule has 0 saturated heterocycles. The Morgan fingerprint density at radius 3 is 1.95 bits per heavy atom. The molecule has 6 heteroatoms. The SMILES string of the molecule is O=C(Nc1ccccc1)Nc1ccc(S(=O)Cl)cc1. The lowest BCUT2D eigenvalue weighted by Crippen LogP contribution is -2.19. The summed E-state index contributed by atoms with van der Waals surface area (Å²) in [4.78, 5) is 12.2. The van der Waals surface area contributed by atoms with E-state index < -0.39 is 10.0 Å². The summed E-state index contributed by atoms with van der Waals surface area (Å²) in [5, 5.41) is 5.36. The van der Waals surface area contributed by atoms with E-state index in [0.29, 0.717) is 16.3 Å². The second kappa shape index (κ2) is 6.36. The number of urea groups is 1. The average molecular weight is 295 g/mol. The Hall–Kier alpha value is -1.85. The maximum absolute atomic E-state index is 11.7. The lowest BCUT2D eigenvalue weighted by atomic mass is 10.3. The third kappa shape index (κ3) is 4.08. The van der Waals surface area contributed by atoms with Crippen molar-refractivity contribution in [3.63, 3.8) is 0 Å². The molecule has 2 rings (SSSR count). The van der Waals surface area contributed by atoms with E-state index in [2.05, 4.69) is 10.6 Å². The first-order chi connectivity index (χ1) is 9.15. The highest BCUT2D eigenvalue weighted by Gasteiger charge is 2.03.